The fraction of sp³-hybridized carbons (Fsp3) is 0.500. The first kappa shape index (κ1) is 15.4. The lowest BCUT2D eigenvalue weighted by Crippen LogP contribution is -2.40. The SMILES string of the molecule is CCCCC(CN)NS(=O)(=O)c1cccc(Cl)c1. The van der Waals surface area contributed by atoms with Crippen LogP contribution in [0.3, 0.4) is 0 Å². The summed E-state index contributed by atoms with van der Waals surface area (Å²) >= 11 is 5.79. The van der Waals surface area contributed by atoms with Crippen LogP contribution in [0.15, 0.2) is 29.2 Å². The van der Waals surface area contributed by atoms with Crippen molar-refractivity contribution < 1.29 is 8.42 Å². The van der Waals surface area contributed by atoms with Crippen molar-refractivity contribution >= 4 is 21.6 Å². The number of rotatable bonds is 7. The van der Waals surface area contributed by atoms with E-state index in [-0.39, 0.29) is 10.9 Å². The van der Waals surface area contributed by atoms with Gasteiger partial charge in [0.05, 0.1) is 4.90 Å². The number of sulfonamides is 1. The van der Waals surface area contributed by atoms with Crippen molar-refractivity contribution in [2.75, 3.05) is 6.54 Å². The summed E-state index contributed by atoms with van der Waals surface area (Å²) in [6.45, 7) is 2.35. The zero-order chi connectivity index (χ0) is 13.6. The van der Waals surface area contributed by atoms with E-state index >= 15 is 0 Å². The normalized spacial score (nSPS) is 13.5. The second kappa shape index (κ2) is 7.09. The highest BCUT2D eigenvalue weighted by Gasteiger charge is 2.18. The molecule has 102 valence electrons. The van der Waals surface area contributed by atoms with Crippen molar-refractivity contribution in [1.82, 2.24) is 4.72 Å². The molecule has 1 aromatic rings. The molecule has 0 radical (unpaired) electrons. The molecule has 1 atom stereocenters. The maximum atomic E-state index is 12.1. The van der Waals surface area contributed by atoms with Crippen molar-refractivity contribution in [1.29, 1.82) is 0 Å². The molecule has 1 aromatic carbocycles. The third-order valence-electron chi connectivity index (χ3n) is 2.62. The van der Waals surface area contributed by atoms with Gasteiger partial charge in [0.1, 0.15) is 0 Å². The molecule has 3 N–H and O–H groups in total. The quantitative estimate of drug-likeness (QED) is 0.808. The van der Waals surface area contributed by atoms with Crippen LogP contribution in [-0.4, -0.2) is 21.0 Å². The van der Waals surface area contributed by atoms with Crippen LogP contribution in [0.1, 0.15) is 26.2 Å². The molecule has 4 nitrogen and oxygen atoms in total. The zero-order valence-corrected chi connectivity index (χ0v) is 12.0. The monoisotopic (exact) mass is 290 g/mol. The van der Waals surface area contributed by atoms with Crippen molar-refractivity contribution in [3.63, 3.8) is 0 Å². The summed E-state index contributed by atoms with van der Waals surface area (Å²) in [6, 6.07) is 5.96. The molecule has 1 rings (SSSR count). The predicted octanol–water partition coefficient (Wildman–Crippen LogP) is 2.14. The molecule has 0 spiro atoms. The lowest BCUT2D eigenvalue weighted by Gasteiger charge is -2.16. The molecular formula is C12H19ClN2O2S. The molecule has 0 aliphatic carbocycles. The topological polar surface area (TPSA) is 72.2 Å². The minimum atomic E-state index is -3.54. The van der Waals surface area contributed by atoms with Gasteiger partial charge in [-0.2, -0.15) is 0 Å². The number of halogens is 1. The maximum Gasteiger partial charge on any atom is 0.240 e. The van der Waals surface area contributed by atoms with Gasteiger partial charge in [0.2, 0.25) is 10.0 Å². The summed E-state index contributed by atoms with van der Waals surface area (Å²) in [5.74, 6) is 0. The van der Waals surface area contributed by atoms with Gasteiger partial charge in [0.15, 0.2) is 0 Å². The van der Waals surface area contributed by atoms with Gasteiger partial charge in [-0.05, 0) is 24.6 Å². The van der Waals surface area contributed by atoms with Crippen LogP contribution < -0.4 is 10.5 Å². The highest BCUT2D eigenvalue weighted by atomic mass is 35.5. The molecule has 1 unspecified atom stereocenters. The Morgan fingerprint density at radius 1 is 1.44 bits per heavy atom. The summed E-state index contributed by atoms with van der Waals surface area (Å²) in [5, 5.41) is 0.399. The van der Waals surface area contributed by atoms with E-state index in [4.69, 9.17) is 17.3 Å². The molecule has 0 amide bonds. The molecule has 0 aliphatic rings. The van der Waals surface area contributed by atoms with Crippen LogP contribution in [0.4, 0.5) is 0 Å². The second-order valence-corrected chi connectivity index (χ2v) is 6.30. The van der Waals surface area contributed by atoms with E-state index in [1.807, 2.05) is 0 Å². The van der Waals surface area contributed by atoms with Gasteiger partial charge in [0.25, 0.3) is 0 Å². The Hall–Kier alpha value is -0.620. The Morgan fingerprint density at radius 3 is 2.72 bits per heavy atom. The number of unbranched alkanes of at least 4 members (excludes halogenated alkanes) is 1. The first-order valence-corrected chi connectivity index (χ1v) is 7.83. The molecule has 18 heavy (non-hydrogen) atoms. The van der Waals surface area contributed by atoms with Gasteiger partial charge in [-0.1, -0.05) is 37.4 Å². The molecule has 0 aliphatic heterocycles. The Morgan fingerprint density at radius 2 is 2.17 bits per heavy atom. The van der Waals surface area contributed by atoms with E-state index in [1.54, 1.807) is 12.1 Å². The lowest BCUT2D eigenvalue weighted by atomic mass is 10.1. The van der Waals surface area contributed by atoms with Crippen molar-refractivity contribution in [2.24, 2.45) is 5.73 Å². The minimum Gasteiger partial charge on any atom is -0.329 e. The lowest BCUT2D eigenvalue weighted by molar-refractivity contribution is 0.516. The van der Waals surface area contributed by atoms with Gasteiger partial charge in [-0.3, -0.25) is 0 Å². The third-order valence-corrected chi connectivity index (χ3v) is 4.37. The first-order chi connectivity index (χ1) is 8.49. The largest absolute Gasteiger partial charge is 0.329 e. The maximum absolute atomic E-state index is 12.1. The standard InChI is InChI=1S/C12H19ClN2O2S/c1-2-3-6-11(9-14)15-18(16,17)12-7-4-5-10(13)8-12/h4-5,7-8,11,15H,2-3,6,9,14H2,1H3. The molecular weight excluding hydrogens is 272 g/mol. The Labute approximate surface area is 114 Å². The number of benzene rings is 1. The van der Waals surface area contributed by atoms with Gasteiger partial charge in [-0.25, -0.2) is 13.1 Å². The van der Waals surface area contributed by atoms with Crippen LogP contribution in [-0.2, 0) is 10.0 Å². The van der Waals surface area contributed by atoms with Crippen LogP contribution in [0.25, 0.3) is 0 Å². The summed E-state index contributed by atoms with van der Waals surface area (Å²) in [5.41, 5.74) is 5.58. The molecule has 0 aromatic heterocycles. The Bertz CT molecular complexity index is 477. The highest BCUT2D eigenvalue weighted by Crippen LogP contribution is 2.16. The van der Waals surface area contributed by atoms with E-state index in [0.717, 1.165) is 19.3 Å². The van der Waals surface area contributed by atoms with E-state index in [9.17, 15) is 8.42 Å². The van der Waals surface area contributed by atoms with E-state index < -0.39 is 10.0 Å². The average Bonchev–Trinajstić information content (AvgIpc) is 2.34. The average molecular weight is 291 g/mol. The van der Waals surface area contributed by atoms with Gasteiger partial charge >= 0.3 is 0 Å². The van der Waals surface area contributed by atoms with E-state index in [1.165, 1.54) is 12.1 Å². The van der Waals surface area contributed by atoms with Crippen molar-refractivity contribution in [2.45, 2.75) is 37.1 Å². The fourth-order valence-electron chi connectivity index (χ4n) is 1.60. The third kappa shape index (κ3) is 4.57. The molecule has 0 heterocycles. The van der Waals surface area contributed by atoms with Gasteiger partial charge in [0, 0.05) is 17.6 Å². The van der Waals surface area contributed by atoms with Gasteiger partial charge < -0.3 is 5.73 Å². The second-order valence-electron chi connectivity index (χ2n) is 4.15. The highest BCUT2D eigenvalue weighted by molar-refractivity contribution is 7.89. The summed E-state index contributed by atoms with van der Waals surface area (Å²) < 4.78 is 26.8. The van der Waals surface area contributed by atoms with Crippen LogP contribution in [0.2, 0.25) is 5.02 Å². The van der Waals surface area contributed by atoms with E-state index in [2.05, 4.69) is 11.6 Å². The van der Waals surface area contributed by atoms with Crippen molar-refractivity contribution in [3.8, 4) is 0 Å². The number of nitrogens with two attached hydrogens (primary N) is 1. The fourth-order valence-corrected chi connectivity index (χ4v) is 3.18. The first-order valence-electron chi connectivity index (χ1n) is 5.97. The Balaban J connectivity index is 2.80. The molecule has 0 bridgehead atoms. The smallest absolute Gasteiger partial charge is 0.240 e. The zero-order valence-electron chi connectivity index (χ0n) is 10.4. The molecule has 0 fully saturated rings. The van der Waals surface area contributed by atoms with E-state index in [0.29, 0.717) is 11.6 Å². The molecule has 6 heteroatoms. The minimum absolute atomic E-state index is 0.171. The summed E-state index contributed by atoms with van der Waals surface area (Å²) in [4.78, 5) is 0.171. The number of hydrogen-bond acceptors (Lipinski definition) is 3. The summed E-state index contributed by atoms with van der Waals surface area (Å²) in [7, 11) is -3.54. The van der Waals surface area contributed by atoms with Gasteiger partial charge in [-0.15, -0.1) is 0 Å². The Kier molecular flexibility index (Phi) is 6.08. The molecule has 0 saturated carbocycles. The van der Waals surface area contributed by atoms with Crippen LogP contribution in [0, 0.1) is 0 Å². The number of nitrogens with one attached hydrogen (secondary N) is 1. The van der Waals surface area contributed by atoms with Crippen molar-refractivity contribution in [3.05, 3.63) is 29.3 Å². The van der Waals surface area contributed by atoms with Crippen LogP contribution in [0.5, 0.6) is 0 Å². The number of hydrogen-bond donors (Lipinski definition) is 2. The molecule has 0 saturated heterocycles. The summed E-state index contributed by atoms with van der Waals surface area (Å²) in [6.07, 6.45) is 2.70. The van der Waals surface area contributed by atoms with Crippen LogP contribution >= 0.6 is 11.6 Å². The predicted molar refractivity (Wildman–Crippen MR) is 74.1 cm³/mol.